The normalized spacial score (nSPS) is 10.7. The standard InChI is InChI=1S/C17H25N5O4/c23-8-12-25-10-6-18-16-20-15(14-4-2-1-3-5-14)21-17(22-16)19-7-11-26-13-9-24/h1-5,23-24H,6-13H2,(H2,18,19,20,21,22). The van der Waals surface area contributed by atoms with Gasteiger partial charge in [0.15, 0.2) is 5.82 Å². The number of ether oxygens (including phenoxy) is 2. The van der Waals surface area contributed by atoms with Gasteiger partial charge >= 0.3 is 0 Å². The summed E-state index contributed by atoms with van der Waals surface area (Å²) in [5, 5.41) is 23.6. The van der Waals surface area contributed by atoms with Gasteiger partial charge in [-0.3, -0.25) is 0 Å². The molecule has 1 aromatic carbocycles. The summed E-state index contributed by atoms with van der Waals surface area (Å²) >= 11 is 0. The monoisotopic (exact) mass is 363 g/mol. The van der Waals surface area contributed by atoms with Gasteiger partial charge in [-0.05, 0) is 0 Å². The maximum absolute atomic E-state index is 8.71. The van der Waals surface area contributed by atoms with E-state index in [-0.39, 0.29) is 13.2 Å². The van der Waals surface area contributed by atoms with Crippen LogP contribution in [0.3, 0.4) is 0 Å². The van der Waals surface area contributed by atoms with Crippen molar-refractivity contribution >= 4 is 11.9 Å². The molecule has 142 valence electrons. The third-order valence-corrected chi connectivity index (χ3v) is 3.20. The second-order valence-corrected chi connectivity index (χ2v) is 5.20. The van der Waals surface area contributed by atoms with Gasteiger partial charge in [0.05, 0.1) is 39.6 Å². The summed E-state index contributed by atoms with van der Waals surface area (Å²) in [6, 6.07) is 9.63. The lowest BCUT2D eigenvalue weighted by atomic mass is 10.2. The number of rotatable bonds is 13. The van der Waals surface area contributed by atoms with Crippen molar-refractivity contribution in [2.24, 2.45) is 0 Å². The number of aliphatic hydroxyl groups is 2. The van der Waals surface area contributed by atoms with Gasteiger partial charge in [0, 0.05) is 18.7 Å². The van der Waals surface area contributed by atoms with E-state index in [0.717, 1.165) is 5.56 Å². The molecule has 0 saturated heterocycles. The van der Waals surface area contributed by atoms with E-state index in [0.29, 0.717) is 57.2 Å². The number of aromatic nitrogens is 3. The Morgan fingerprint density at radius 2 is 1.27 bits per heavy atom. The minimum absolute atomic E-state index is 0.00364. The molecular formula is C17H25N5O4. The van der Waals surface area contributed by atoms with E-state index in [1.165, 1.54) is 0 Å². The van der Waals surface area contributed by atoms with Crippen molar-refractivity contribution in [3.8, 4) is 11.4 Å². The molecule has 1 heterocycles. The van der Waals surface area contributed by atoms with E-state index < -0.39 is 0 Å². The zero-order valence-electron chi connectivity index (χ0n) is 14.6. The second kappa shape index (κ2) is 12.1. The molecule has 0 aliphatic rings. The number of hydrogen-bond donors (Lipinski definition) is 4. The van der Waals surface area contributed by atoms with Gasteiger partial charge in [0.25, 0.3) is 0 Å². The maximum atomic E-state index is 8.71. The van der Waals surface area contributed by atoms with Crippen molar-refractivity contribution in [2.75, 3.05) is 63.4 Å². The van der Waals surface area contributed by atoms with Crippen LogP contribution in [0.4, 0.5) is 11.9 Å². The van der Waals surface area contributed by atoms with Crippen LogP contribution < -0.4 is 10.6 Å². The fourth-order valence-corrected chi connectivity index (χ4v) is 2.05. The number of hydrogen-bond acceptors (Lipinski definition) is 9. The van der Waals surface area contributed by atoms with Crippen molar-refractivity contribution in [3.05, 3.63) is 30.3 Å². The van der Waals surface area contributed by atoms with Crippen LogP contribution in [-0.4, -0.2) is 77.9 Å². The fourth-order valence-electron chi connectivity index (χ4n) is 2.05. The summed E-state index contributed by atoms with van der Waals surface area (Å²) in [6.07, 6.45) is 0. The average Bonchev–Trinajstić information content (AvgIpc) is 2.68. The number of nitrogens with zero attached hydrogens (tertiary/aromatic N) is 3. The van der Waals surface area contributed by atoms with Gasteiger partial charge in [-0.2, -0.15) is 15.0 Å². The summed E-state index contributed by atoms with van der Waals surface area (Å²) in [5.74, 6) is 1.42. The number of aliphatic hydroxyl groups excluding tert-OH is 2. The van der Waals surface area contributed by atoms with Gasteiger partial charge in [0.2, 0.25) is 11.9 Å². The first-order valence-electron chi connectivity index (χ1n) is 8.50. The molecule has 26 heavy (non-hydrogen) atoms. The lowest BCUT2D eigenvalue weighted by molar-refractivity contribution is 0.0990. The van der Waals surface area contributed by atoms with E-state index in [1.54, 1.807) is 0 Å². The van der Waals surface area contributed by atoms with Gasteiger partial charge in [0.1, 0.15) is 0 Å². The fraction of sp³-hybridized carbons (Fsp3) is 0.471. The minimum atomic E-state index is -0.00364. The molecular weight excluding hydrogens is 338 g/mol. The molecule has 2 aromatic rings. The Bertz CT molecular complexity index is 598. The zero-order valence-corrected chi connectivity index (χ0v) is 14.6. The Balaban J connectivity index is 2.01. The van der Waals surface area contributed by atoms with Crippen molar-refractivity contribution in [1.82, 2.24) is 15.0 Å². The Kier molecular flexibility index (Phi) is 9.30. The molecule has 0 atom stereocenters. The first-order chi connectivity index (χ1) is 12.8. The minimum Gasteiger partial charge on any atom is -0.394 e. The number of benzene rings is 1. The molecule has 0 unspecified atom stereocenters. The molecule has 1 aromatic heterocycles. The molecule has 0 saturated carbocycles. The maximum Gasteiger partial charge on any atom is 0.228 e. The third kappa shape index (κ3) is 7.28. The molecule has 9 nitrogen and oxygen atoms in total. The highest BCUT2D eigenvalue weighted by Crippen LogP contribution is 2.17. The van der Waals surface area contributed by atoms with Crippen molar-refractivity contribution in [1.29, 1.82) is 0 Å². The molecule has 0 aliphatic heterocycles. The first-order valence-corrected chi connectivity index (χ1v) is 8.50. The van der Waals surface area contributed by atoms with Gasteiger partial charge < -0.3 is 30.3 Å². The summed E-state index contributed by atoms with van der Waals surface area (Å²) in [7, 11) is 0. The molecule has 0 aliphatic carbocycles. The third-order valence-electron chi connectivity index (χ3n) is 3.20. The van der Waals surface area contributed by atoms with Crippen LogP contribution in [0.15, 0.2) is 30.3 Å². The molecule has 0 radical (unpaired) electrons. The van der Waals surface area contributed by atoms with Crippen LogP contribution in [0.25, 0.3) is 11.4 Å². The van der Waals surface area contributed by atoms with Gasteiger partial charge in [-0.25, -0.2) is 0 Å². The largest absolute Gasteiger partial charge is 0.394 e. The van der Waals surface area contributed by atoms with Crippen LogP contribution >= 0.6 is 0 Å². The SMILES string of the molecule is OCCOCCNc1nc(NCCOCCO)nc(-c2ccccc2)n1. The summed E-state index contributed by atoms with van der Waals surface area (Å²) in [6.45, 7) is 2.49. The molecule has 0 amide bonds. The summed E-state index contributed by atoms with van der Waals surface area (Å²) in [5.41, 5.74) is 0.883. The smallest absolute Gasteiger partial charge is 0.228 e. The van der Waals surface area contributed by atoms with Crippen molar-refractivity contribution in [2.45, 2.75) is 0 Å². The van der Waals surface area contributed by atoms with Crippen LogP contribution in [0.2, 0.25) is 0 Å². The van der Waals surface area contributed by atoms with Crippen LogP contribution in [0, 0.1) is 0 Å². The van der Waals surface area contributed by atoms with Crippen LogP contribution in [-0.2, 0) is 9.47 Å². The van der Waals surface area contributed by atoms with E-state index in [2.05, 4.69) is 25.6 Å². The highest BCUT2D eigenvalue weighted by molar-refractivity contribution is 5.57. The van der Waals surface area contributed by atoms with E-state index in [4.69, 9.17) is 19.7 Å². The molecule has 4 N–H and O–H groups in total. The number of nitrogens with one attached hydrogen (secondary N) is 2. The predicted molar refractivity (Wildman–Crippen MR) is 98.1 cm³/mol. The topological polar surface area (TPSA) is 122 Å². The van der Waals surface area contributed by atoms with E-state index in [1.807, 2.05) is 30.3 Å². The van der Waals surface area contributed by atoms with Gasteiger partial charge in [-0.1, -0.05) is 30.3 Å². The van der Waals surface area contributed by atoms with Crippen LogP contribution in [0.1, 0.15) is 0 Å². The number of anilines is 2. The Hall–Kier alpha value is -2.33. The zero-order chi connectivity index (χ0) is 18.5. The molecule has 0 spiro atoms. The van der Waals surface area contributed by atoms with Crippen molar-refractivity contribution in [3.63, 3.8) is 0 Å². The average molecular weight is 363 g/mol. The van der Waals surface area contributed by atoms with Crippen molar-refractivity contribution < 1.29 is 19.7 Å². The Morgan fingerprint density at radius 1 is 0.731 bits per heavy atom. The lowest BCUT2D eigenvalue weighted by Gasteiger charge is -2.10. The first kappa shape index (κ1) is 20.0. The highest BCUT2D eigenvalue weighted by Gasteiger charge is 2.08. The lowest BCUT2D eigenvalue weighted by Crippen LogP contribution is -2.17. The Morgan fingerprint density at radius 3 is 1.77 bits per heavy atom. The quantitative estimate of drug-likeness (QED) is 0.374. The van der Waals surface area contributed by atoms with Crippen LogP contribution in [0.5, 0.6) is 0 Å². The predicted octanol–water partition coefficient (Wildman–Crippen LogP) is 0.380. The molecule has 2 rings (SSSR count). The van der Waals surface area contributed by atoms with E-state index in [9.17, 15) is 0 Å². The summed E-state index contributed by atoms with van der Waals surface area (Å²) in [4.78, 5) is 13.2. The molecule has 9 heteroatoms. The van der Waals surface area contributed by atoms with Gasteiger partial charge in [-0.15, -0.1) is 0 Å². The highest BCUT2D eigenvalue weighted by atomic mass is 16.5. The second-order valence-electron chi connectivity index (χ2n) is 5.20. The molecule has 0 bridgehead atoms. The Labute approximate surface area is 152 Å². The molecule has 0 fully saturated rings. The van der Waals surface area contributed by atoms with E-state index >= 15 is 0 Å². The summed E-state index contributed by atoms with van der Waals surface area (Å²) < 4.78 is 10.4.